The predicted molar refractivity (Wildman–Crippen MR) is 111 cm³/mol. The van der Waals surface area contributed by atoms with Crippen LogP contribution >= 0.6 is 11.3 Å². The van der Waals surface area contributed by atoms with Gasteiger partial charge in [-0.25, -0.2) is 0 Å². The number of anilines is 1. The van der Waals surface area contributed by atoms with E-state index in [2.05, 4.69) is 21.6 Å². The molecule has 2 N–H and O–H groups in total. The highest BCUT2D eigenvalue weighted by Crippen LogP contribution is 2.33. The molecule has 2 saturated heterocycles. The van der Waals surface area contributed by atoms with Crippen molar-refractivity contribution in [3.05, 3.63) is 51.9 Å². The van der Waals surface area contributed by atoms with Crippen LogP contribution in [0.5, 0.6) is 0 Å². The second-order valence-corrected chi connectivity index (χ2v) is 8.96. The Hall–Kier alpha value is -2.18. The van der Waals surface area contributed by atoms with Crippen molar-refractivity contribution in [3.63, 3.8) is 0 Å². The Bertz CT molecular complexity index is 908. The fourth-order valence-electron chi connectivity index (χ4n) is 4.92. The molecule has 5 nitrogen and oxygen atoms in total. The highest BCUT2D eigenvalue weighted by atomic mass is 32.1. The second kappa shape index (κ2) is 7.33. The lowest BCUT2D eigenvalue weighted by Gasteiger charge is -2.28. The molecule has 3 heterocycles. The van der Waals surface area contributed by atoms with Gasteiger partial charge in [0.2, 0.25) is 0 Å². The fraction of sp³-hybridized carbons (Fsp3) is 0.455. The first kappa shape index (κ1) is 17.9. The lowest BCUT2D eigenvalue weighted by atomic mass is 10.1. The molecule has 2 fully saturated rings. The van der Waals surface area contributed by atoms with Gasteiger partial charge in [0.15, 0.2) is 0 Å². The number of benzene rings is 1. The number of aryl methyl sites for hydroxylation is 2. The maximum atomic E-state index is 13.3. The number of amides is 2. The Kier molecular flexibility index (Phi) is 4.69. The zero-order chi connectivity index (χ0) is 19.1. The molecule has 2 atom stereocenters. The fourth-order valence-corrected chi connectivity index (χ4v) is 5.69. The Morgan fingerprint density at radius 2 is 1.93 bits per heavy atom. The molecule has 1 aromatic heterocycles. The van der Waals surface area contributed by atoms with Crippen molar-refractivity contribution in [1.29, 1.82) is 0 Å². The lowest BCUT2D eigenvalue weighted by molar-refractivity contribution is 0.0682. The Labute approximate surface area is 169 Å². The third-order valence-electron chi connectivity index (χ3n) is 6.37. The van der Waals surface area contributed by atoms with Gasteiger partial charge in [0.1, 0.15) is 5.00 Å². The van der Waals surface area contributed by atoms with E-state index in [1.165, 1.54) is 22.5 Å². The second-order valence-electron chi connectivity index (χ2n) is 8.04. The van der Waals surface area contributed by atoms with Gasteiger partial charge in [0.05, 0.1) is 5.56 Å². The number of thiophene rings is 1. The number of nitrogens with zero attached hydrogens (tertiary/aromatic N) is 1. The minimum Gasteiger partial charge on any atom is -0.331 e. The summed E-state index contributed by atoms with van der Waals surface area (Å²) in [6, 6.07) is 8.40. The van der Waals surface area contributed by atoms with Gasteiger partial charge in [-0.2, -0.15) is 0 Å². The van der Waals surface area contributed by atoms with Crippen LogP contribution in [-0.2, 0) is 12.8 Å². The molecule has 2 bridgehead atoms. The average Bonchev–Trinajstić information content (AvgIpc) is 3.38. The average molecular weight is 396 g/mol. The summed E-state index contributed by atoms with van der Waals surface area (Å²) in [4.78, 5) is 28.2. The molecule has 28 heavy (non-hydrogen) atoms. The molecular weight excluding hydrogens is 370 g/mol. The highest BCUT2D eigenvalue weighted by molar-refractivity contribution is 7.14. The van der Waals surface area contributed by atoms with Crippen LogP contribution in [0.3, 0.4) is 0 Å². The number of nitrogens with one attached hydrogen (secondary N) is 2. The predicted octanol–water partition coefficient (Wildman–Crippen LogP) is 3.46. The lowest BCUT2D eigenvalue weighted by Crippen LogP contribution is -2.42. The Morgan fingerprint density at radius 1 is 1.07 bits per heavy atom. The molecule has 5 rings (SSSR count). The molecule has 0 saturated carbocycles. The van der Waals surface area contributed by atoms with Crippen molar-refractivity contribution < 1.29 is 9.59 Å². The van der Waals surface area contributed by atoms with E-state index in [0.29, 0.717) is 22.2 Å². The first-order chi connectivity index (χ1) is 13.7. The van der Waals surface area contributed by atoms with Crippen molar-refractivity contribution in [2.75, 3.05) is 18.4 Å². The van der Waals surface area contributed by atoms with E-state index in [-0.39, 0.29) is 17.9 Å². The maximum Gasteiger partial charge on any atom is 0.257 e. The minimum atomic E-state index is -0.133. The number of rotatable bonds is 3. The highest BCUT2D eigenvalue weighted by Gasteiger charge is 2.39. The largest absolute Gasteiger partial charge is 0.331 e. The van der Waals surface area contributed by atoms with E-state index in [1.54, 1.807) is 0 Å². The molecule has 3 aliphatic rings. The van der Waals surface area contributed by atoms with Gasteiger partial charge < -0.3 is 15.5 Å². The normalized spacial score (nSPS) is 23.4. The topological polar surface area (TPSA) is 61.4 Å². The first-order valence-corrected chi connectivity index (χ1v) is 11.1. The molecular formula is C22H25N3O2S. The first-order valence-electron chi connectivity index (χ1n) is 10.2. The van der Waals surface area contributed by atoms with Crippen molar-refractivity contribution >= 4 is 28.2 Å². The standard InChI is InChI=1S/C22H25N3O2S/c26-20(16-5-4-14-2-1-3-15(14)12-16)24-21-19(9-11-28-21)22(27)25-17-6-7-18(25)13-23-10-8-17/h4-5,9,11-12,17-18,23H,1-3,6-8,10,13H2,(H,24,26). The van der Waals surface area contributed by atoms with E-state index < -0.39 is 0 Å². The molecule has 6 heteroatoms. The van der Waals surface area contributed by atoms with Crippen molar-refractivity contribution in [2.45, 2.75) is 50.6 Å². The molecule has 1 aliphatic carbocycles. The van der Waals surface area contributed by atoms with Crippen LogP contribution in [-0.4, -0.2) is 41.9 Å². The van der Waals surface area contributed by atoms with Gasteiger partial charge in [-0.05, 0) is 79.8 Å². The smallest absolute Gasteiger partial charge is 0.257 e. The summed E-state index contributed by atoms with van der Waals surface area (Å²) < 4.78 is 0. The van der Waals surface area contributed by atoms with Crippen molar-refractivity contribution in [3.8, 4) is 0 Å². The summed E-state index contributed by atoms with van der Waals surface area (Å²) in [7, 11) is 0. The summed E-state index contributed by atoms with van der Waals surface area (Å²) in [5.74, 6) is -0.0755. The maximum absolute atomic E-state index is 13.3. The van der Waals surface area contributed by atoms with Gasteiger partial charge in [0, 0.05) is 24.2 Å². The number of hydrogen-bond donors (Lipinski definition) is 2. The number of fused-ring (bicyclic) bond motifs is 3. The molecule has 146 valence electrons. The summed E-state index contributed by atoms with van der Waals surface area (Å²) >= 11 is 1.42. The van der Waals surface area contributed by atoms with Crippen molar-refractivity contribution in [2.24, 2.45) is 0 Å². The minimum absolute atomic E-state index is 0.0571. The zero-order valence-electron chi connectivity index (χ0n) is 15.9. The van der Waals surface area contributed by atoms with Crippen LogP contribution in [0.2, 0.25) is 0 Å². The van der Waals surface area contributed by atoms with Gasteiger partial charge in [-0.3, -0.25) is 9.59 Å². The molecule has 2 unspecified atom stereocenters. The van der Waals surface area contributed by atoms with Gasteiger partial charge in [0.25, 0.3) is 11.8 Å². The van der Waals surface area contributed by atoms with Crippen LogP contribution in [0.4, 0.5) is 5.00 Å². The monoisotopic (exact) mass is 395 g/mol. The van der Waals surface area contributed by atoms with Crippen LogP contribution in [0, 0.1) is 0 Å². The Balaban J connectivity index is 1.36. The third-order valence-corrected chi connectivity index (χ3v) is 7.20. The van der Waals surface area contributed by atoms with Gasteiger partial charge in [-0.1, -0.05) is 6.07 Å². The summed E-state index contributed by atoms with van der Waals surface area (Å²) in [5, 5.41) is 8.99. The Morgan fingerprint density at radius 3 is 2.86 bits per heavy atom. The number of hydrogen-bond acceptors (Lipinski definition) is 4. The van der Waals surface area contributed by atoms with Crippen LogP contribution < -0.4 is 10.6 Å². The van der Waals surface area contributed by atoms with Crippen LogP contribution in [0.25, 0.3) is 0 Å². The van der Waals surface area contributed by atoms with E-state index in [0.717, 1.165) is 51.6 Å². The van der Waals surface area contributed by atoms with Gasteiger partial charge in [-0.15, -0.1) is 11.3 Å². The van der Waals surface area contributed by atoms with Crippen LogP contribution in [0.1, 0.15) is 57.5 Å². The number of carbonyl (C=O) groups is 2. The third kappa shape index (κ3) is 3.14. The summed E-state index contributed by atoms with van der Waals surface area (Å²) in [5.41, 5.74) is 3.93. The SMILES string of the molecule is O=C(Nc1sccc1C(=O)N1C2CCNCC1CC2)c1ccc2c(c1)CCC2. The van der Waals surface area contributed by atoms with E-state index in [9.17, 15) is 9.59 Å². The van der Waals surface area contributed by atoms with E-state index in [4.69, 9.17) is 0 Å². The molecule has 2 aromatic rings. The van der Waals surface area contributed by atoms with E-state index >= 15 is 0 Å². The summed E-state index contributed by atoms with van der Waals surface area (Å²) in [6.45, 7) is 1.83. The molecule has 2 aliphatic heterocycles. The van der Waals surface area contributed by atoms with Gasteiger partial charge >= 0.3 is 0 Å². The quantitative estimate of drug-likeness (QED) is 0.837. The molecule has 2 amide bonds. The molecule has 0 radical (unpaired) electrons. The summed E-state index contributed by atoms with van der Waals surface area (Å²) in [6.07, 6.45) is 6.46. The molecule has 1 aromatic carbocycles. The zero-order valence-corrected chi connectivity index (χ0v) is 16.7. The van der Waals surface area contributed by atoms with E-state index in [1.807, 2.05) is 23.6 Å². The number of carbonyl (C=O) groups excluding carboxylic acids is 2. The van der Waals surface area contributed by atoms with Crippen molar-refractivity contribution in [1.82, 2.24) is 10.2 Å². The van der Waals surface area contributed by atoms with Crippen LogP contribution in [0.15, 0.2) is 29.6 Å². The molecule has 0 spiro atoms.